The number of aromatic nitrogens is 1. The van der Waals surface area contributed by atoms with Crippen LogP contribution in [0.4, 0.5) is 13.2 Å². The van der Waals surface area contributed by atoms with Crippen LogP contribution in [0.15, 0.2) is 59.2 Å². The van der Waals surface area contributed by atoms with Gasteiger partial charge in [-0.25, -0.2) is 4.98 Å². The first kappa shape index (κ1) is 18.5. The van der Waals surface area contributed by atoms with E-state index in [9.17, 15) is 18.0 Å². The summed E-state index contributed by atoms with van der Waals surface area (Å²) < 4.78 is 48.3. The van der Waals surface area contributed by atoms with Crippen molar-refractivity contribution in [2.24, 2.45) is 0 Å². The number of nitrogens with one attached hydrogen (secondary N) is 1. The Morgan fingerprint density at radius 3 is 2.52 bits per heavy atom. The van der Waals surface area contributed by atoms with Crippen LogP contribution < -0.4 is 10.1 Å². The molecule has 27 heavy (non-hydrogen) atoms. The van der Waals surface area contributed by atoms with E-state index in [2.05, 4.69) is 10.3 Å². The van der Waals surface area contributed by atoms with Crippen LogP contribution in [0.2, 0.25) is 0 Å². The topological polar surface area (TPSA) is 64.4 Å². The normalized spacial score (nSPS) is 11.3. The summed E-state index contributed by atoms with van der Waals surface area (Å²) in [4.78, 5) is 16.3. The molecule has 0 spiro atoms. The van der Waals surface area contributed by atoms with Gasteiger partial charge in [-0.3, -0.25) is 4.79 Å². The number of alkyl halides is 3. The first-order chi connectivity index (χ1) is 12.9. The van der Waals surface area contributed by atoms with Crippen molar-refractivity contribution >= 4 is 5.91 Å². The van der Waals surface area contributed by atoms with Crippen LogP contribution in [0, 0.1) is 0 Å². The van der Waals surface area contributed by atoms with Gasteiger partial charge in [0.05, 0.1) is 12.7 Å². The quantitative estimate of drug-likeness (QED) is 0.721. The minimum absolute atomic E-state index is 0.0276. The Kier molecular flexibility index (Phi) is 5.16. The molecule has 0 unspecified atom stereocenters. The number of carbonyl (C=O) groups is 1. The number of para-hydroxylation sites is 1. The van der Waals surface area contributed by atoms with E-state index >= 15 is 0 Å². The number of hydrogen-bond donors (Lipinski definition) is 1. The molecule has 2 aromatic carbocycles. The number of nitrogens with zero attached hydrogens (tertiary/aromatic N) is 1. The molecule has 0 aliphatic rings. The maximum atomic E-state index is 12.6. The van der Waals surface area contributed by atoms with Crippen molar-refractivity contribution in [3.63, 3.8) is 0 Å². The molecule has 3 rings (SSSR count). The molecule has 1 aromatic heterocycles. The van der Waals surface area contributed by atoms with Gasteiger partial charge in [0.15, 0.2) is 5.69 Å². The highest BCUT2D eigenvalue weighted by molar-refractivity contribution is 5.92. The molecule has 3 aromatic rings. The Morgan fingerprint density at radius 1 is 1.15 bits per heavy atom. The Hall–Kier alpha value is -3.29. The molecule has 140 valence electrons. The minimum Gasteiger partial charge on any atom is -0.496 e. The van der Waals surface area contributed by atoms with Crippen LogP contribution in [-0.4, -0.2) is 18.0 Å². The lowest BCUT2D eigenvalue weighted by molar-refractivity contribution is -0.137. The number of amides is 1. The summed E-state index contributed by atoms with van der Waals surface area (Å²) in [6.07, 6.45) is -3.26. The second kappa shape index (κ2) is 7.53. The van der Waals surface area contributed by atoms with E-state index in [0.717, 1.165) is 24.0 Å². The maximum Gasteiger partial charge on any atom is 0.416 e. The smallest absolute Gasteiger partial charge is 0.416 e. The van der Waals surface area contributed by atoms with Crippen molar-refractivity contribution in [1.82, 2.24) is 10.3 Å². The van der Waals surface area contributed by atoms with Crippen LogP contribution >= 0.6 is 0 Å². The molecule has 1 N–H and O–H groups in total. The number of hydrogen-bond acceptors (Lipinski definition) is 4. The fourth-order valence-corrected chi connectivity index (χ4v) is 2.43. The third-order valence-corrected chi connectivity index (χ3v) is 3.83. The van der Waals surface area contributed by atoms with Crippen LogP contribution in [-0.2, 0) is 12.7 Å². The molecule has 0 aliphatic carbocycles. The van der Waals surface area contributed by atoms with Gasteiger partial charge in [0.25, 0.3) is 5.91 Å². The third-order valence-electron chi connectivity index (χ3n) is 3.83. The molecule has 0 aliphatic heterocycles. The highest BCUT2D eigenvalue weighted by Gasteiger charge is 2.30. The number of rotatable bonds is 5. The van der Waals surface area contributed by atoms with Gasteiger partial charge in [-0.2, -0.15) is 13.2 Å². The van der Waals surface area contributed by atoms with Gasteiger partial charge >= 0.3 is 6.18 Å². The molecule has 8 heteroatoms. The lowest BCUT2D eigenvalue weighted by Crippen LogP contribution is -2.23. The molecule has 0 fully saturated rings. The average molecular weight is 376 g/mol. The molecule has 1 heterocycles. The second-order valence-corrected chi connectivity index (χ2v) is 5.61. The summed E-state index contributed by atoms with van der Waals surface area (Å²) in [5.41, 5.74) is 0.388. The van der Waals surface area contributed by atoms with Crippen molar-refractivity contribution in [2.75, 3.05) is 7.11 Å². The fraction of sp³-hybridized carbons (Fsp3) is 0.158. The Bertz CT molecular complexity index is 934. The molecule has 5 nitrogen and oxygen atoms in total. The highest BCUT2D eigenvalue weighted by Crippen LogP contribution is 2.30. The van der Waals surface area contributed by atoms with Crippen LogP contribution in [0.25, 0.3) is 11.5 Å². The summed E-state index contributed by atoms with van der Waals surface area (Å²) in [6, 6.07) is 11.6. The summed E-state index contributed by atoms with van der Waals surface area (Å²) in [6.45, 7) is 0.227. The van der Waals surface area contributed by atoms with Crippen molar-refractivity contribution in [1.29, 1.82) is 0 Å². The van der Waals surface area contributed by atoms with Gasteiger partial charge in [-0.15, -0.1) is 0 Å². The van der Waals surface area contributed by atoms with E-state index in [4.69, 9.17) is 9.15 Å². The van der Waals surface area contributed by atoms with Crippen LogP contribution in [0.3, 0.4) is 0 Å². The van der Waals surface area contributed by atoms with Crippen molar-refractivity contribution in [3.05, 3.63) is 71.6 Å². The Balaban J connectivity index is 1.69. The van der Waals surface area contributed by atoms with Gasteiger partial charge in [0, 0.05) is 17.7 Å². The van der Waals surface area contributed by atoms with Crippen molar-refractivity contribution < 1.29 is 27.1 Å². The number of carbonyl (C=O) groups excluding carboxylic acids is 1. The predicted octanol–water partition coefficient (Wildman–Crippen LogP) is 4.30. The van der Waals surface area contributed by atoms with E-state index in [1.54, 1.807) is 6.07 Å². The number of benzene rings is 2. The van der Waals surface area contributed by atoms with Crippen LogP contribution in [0.1, 0.15) is 21.6 Å². The van der Waals surface area contributed by atoms with E-state index in [1.165, 1.54) is 19.2 Å². The van der Waals surface area contributed by atoms with Crippen LogP contribution in [0.5, 0.6) is 5.75 Å². The zero-order valence-corrected chi connectivity index (χ0v) is 14.2. The summed E-state index contributed by atoms with van der Waals surface area (Å²) in [5, 5.41) is 2.69. The van der Waals surface area contributed by atoms with Gasteiger partial charge < -0.3 is 14.5 Å². The van der Waals surface area contributed by atoms with E-state index in [-0.39, 0.29) is 18.1 Å². The monoisotopic (exact) mass is 376 g/mol. The molecular weight excluding hydrogens is 361 g/mol. The van der Waals surface area contributed by atoms with Gasteiger partial charge in [-0.1, -0.05) is 18.2 Å². The molecule has 0 saturated carbocycles. The van der Waals surface area contributed by atoms with Gasteiger partial charge in [-0.05, 0) is 30.3 Å². The molecule has 1 amide bonds. The van der Waals surface area contributed by atoms with Crippen molar-refractivity contribution in [3.8, 4) is 17.2 Å². The average Bonchev–Trinajstić information content (AvgIpc) is 3.16. The number of ether oxygens (including phenoxy) is 1. The molecule has 0 radical (unpaired) electrons. The lowest BCUT2D eigenvalue weighted by atomic mass is 10.1. The number of halogens is 3. The Labute approximate surface area is 152 Å². The first-order valence-corrected chi connectivity index (χ1v) is 7.91. The maximum absolute atomic E-state index is 12.6. The van der Waals surface area contributed by atoms with Gasteiger partial charge in [0.1, 0.15) is 12.0 Å². The minimum atomic E-state index is -4.42. The standard InChI is InChI=1S/C19H15F3N2O3/c1-26-16-5-3-2-4-13(16)10-23-17(25)15-11-27-18(24-15)12-6-8-14(9-7-12)19(20,21)22/h2-9,11H,10H2,1H3,(H,23,25). The third kappa shape index (κ3) is 4.28. The Morgan fingerprint density at radius 2 is 1.85 bits per heavy atom. The van der Waals surface area contributed by atoms with Gasteiger partial charge in [0.2, 0.25) is 5.89 Å². The molecular formula is C19H15F3N2O3. The SMILES string of the molecule is COc1ccccc1CNC(=O)c1coc(-c2ccc(C(F)(F)F)cc2)n1. The number of methoxy groups -OCH3 is 1. The summed E-state index contributed by atoms with van der Waals surface area (Å²) in [7, 11) is 1.54. The molecule has 0 saturated heterocycles. The highest BCUT2D eigenvalue weighted by atomic mass is 19.4. The zero-order chi connectivity index (χ0) is 19.4. The predicted molar refractivity (Wildman–Crippen MR) is 91.1 cm³/mol. The molecule has 0 atom stereocenters. The largest absolute Gasteiger partial charge is 0.496 e. The van der Waals surface area contributed by atoms with E-state index in [0.29, 0.717) is 11.3 Å². The number of oxazole rings is 1. The molecule has 0 bridgehead atoms. The summed E-state index contributed by atoms with van der Waals surface area (Å²) in [5.74, 6) is 0.234. The van der Waals surface area contributed by atoms with E-state index < -0.39 is 17.6 Å². The second-order valence-electron chi connectivity index (χ2n) is 5.61. The zero-order valence-electron chi connectivity index (χ0n) is 14.2. The van der Waals surface area contributed by atoms with E-state index in [1.807, 2.05) is 18.2 Å². The van der Waals surface area contributed by atoms with Crippen molar-refractivity contribution in [2.45, 2.75) is 12.7 Å². The fourth-order valence-electron chi connectivity index (χ4n) is 2.43. The summed E-state index contributed by atoms with van der Waals surface area (Å²) >= 11 is 0. The lowest BCUT2D eigenvalue weighted by Gasteiger charge is -2.08. The first-order valence-electron chi connectivity index (χ1n) is 7.91.